The van der Waals surface area contributed by atoms with Gasteiger partial charge in [0.1, 0.15) is 12.4 Å². The van der Waals surface area contributed by atoms with Crippen LogP contribution in [-0.2, 0) is 16.1 Å². The predicted octanol–water partition coefficient (Wildman–Crippen LogP) is 4.28. The van der Waals surface area contributed by atoms with E-state index in [2.05, 4.69) is 5.32 Å². The highest BCUT2D eigenvalue weighted by atomic mass is 35.5. The predicted molar refractivity (Wildman–Crippen MR) is 94.4 cm³/mol. The summed E-state index contributed by atoms with van der Waals surface area (Å²) in [4.78, 5) is 12.2. The molecule has 2 aromatic carbocycles. The Morgan fingerprint density at radius 3 is 2.42 bits per heavy atom. The van der Waals surface area contributed by atoms with Gasteiger partial charge in [-0.1, -0.05) is 23.7 Å². The van der Waals surface area contributed by atoms with Crippen molar-refractivity contribution in [1.29, 1.82) is 0 Å². The van der Waals surface area contributed by atoms with Gasteiger partial charge in [-0.2, -0.15) is 0 Å². The summed E-state index contributed by atoms with van der Waals surface area (Å²) in [5.41, 5.74) is 1.83. The van der Waals surface area contributed by atoms with Gasteiger partial charge in [-0.3, -0.25) is 4.79 Å². The molecule has 0 aromatic heterocycles. The maximum absolute atomic E-state index is 12.2. The van der Waals surface area contributed by atoms with Crippen LogP contribution in [0.5, 0.6) is 5.75 Å². The third kappa shape index (κ3) is 4.73. The normalized spacial score (nSPS) is 15.0. The molecule has 126 valence electrons. The molecule has 0 unspecified atom stereocenters. The monoisotopic (exact) mass is 345 g/mol. The molecule has 0 aliphatic carbocycles. The molecule has 0 spiro atoms. The van der Waals surface area contributed by atoms with Crippen molar-refractivity contribution in [3.05, 3.63) is 59.1 Å². The molecule has 0 saturated carbocycles. The largest absolute Gasteiger partial charge is 0.489 e. The zero-order valence-corrected chi connectivity index (χ0v) is 14.1. The number of rotatable bonds is 5. The number of hydrogen-bond donors (Lipinski definition) is 1. The molecule has 5 heteroatoms. The maximum atomic E-state index is 12.2. The molecule has 0 bridgehead atoms. The summed E-state index contributed by atoms with van der Waals surface area (Å²) < 4.78 is 11.0. The van der Waals surface area contributed by atoms with E-state index in [1.54, 1.807) is 0 Å². The van der Waals surface area contributed by atoms with Gasteiger partial charge >= 0.3 is 0 Å². The molecule has 0 atom stereocenters. The van der Waals surface area contributed by atoms with Crippen LogP contribution in [0.2, 0.25) is 5.02 Å². The Bertz CT molecular complexity index is 664. The number of anilines is 1. The van der Waals surface area contributed by atoms with E-state index in [0.717, 1.165) is 29.8 Å². The highest BCUT2D eigenvalue weighted by Gasteiger charge is 2.21. The first-order valence-corrected chi connectivity index (χ1v) is 8.44. The molecule has 1 aliphatic rings. The van der Waals surface area contributed by atoms with Crippen molar-refractivity contribution in [1.82, 2.24) is 0 Å². The fraction of sp³-hybridized carbons (Fsp3) is 0.316. The van der Waals surface area contributed by atoms with Gasteiger partial charge < -0.3 is 14.8 Å². The lowest BCUT2D eigenvalue weighted by Gasteiger charge is -2.21. The molecule has 1 aliphatic heterocycles. The molecule has 1 heterocycles. The van der Waals surface area contributed by atoms with E-state index in [1.807, 2.05) is 48.5 Å². The van der Waals surface area contributed by atoms with E-state index in [1.165, 1.54) is 0 Å². The third-order valence-electron chi connectivity index (χ3n) is 4.03. The summed E-state index contributed by atoms with van der Waals surface area (Å²) in [6, 6.07) is 15.0. The quantitative estimate of drug-likeness (QED) is 0.879. The minimum absolute atomic E-state index is 0.0413. The molecule has 1 saturated heterocycles. The second-order valence-corrected chi connectivity index (χ2v) is 6.25. The third-order valence-corrected chi connectivity index (χ3v) is 4.28. The summed E-state index contributed by atoms with van der Waals surface area (Å²) in [6.45, 7) is 1.80. The molecule has 24 heavy (non-hydrogen) atoms. The summed E-state index contributed by atoms with van der Waals surface area (Å²) in [5.74, 6) is 0.863. The van der Waals surface area contributed by atoms with Crippen molar-refractivity contribution >= 4 is 23.2 Å². The lowest BCUT2D eigenvalue weighted by Crippen LogP contribution is -2.28. The van der Waals surface area contributed by atoms with E-state index >= 15 is 0 Å². The first kappa shape index (κ1) is 16.8. The lowest BCUT2D eigenvalue weighted by atomic mass is 9.99. The van der Waals surface area contributed by atoms with Crippen molar-refractivity contribution in [3.63, 3.8) is 0 Å². The van der Waals surface area contributed by atoms with Gasteiger partial charge in [0.2, 0.25) is 5.91 Å². The molecule has 3 rings (SSSR count). The lowest BCUT2D eigenvalue weighted by molar-refractivity contribution is -0.122. The van der Waals surface area contributed by atoms with Crippen LogP contribution in [-0.4, -0.2) is 19.1 Å². The van der Waals surface area contributed by atoms with Gasteiger partial charge in [-0.05, 0) is 54.8 Å². The first-order chi connectivity index (χ1) is 11.7. The van der Waals surface area contributed by atoms with Crippen molar-refractivity contribution in [2.45, 2.75) is 19.4 Å². The fourth-order valence-corrected chi connectivity index (χ4v) is 2.71. The van der Waals surface area contributed by atoms with Crippen LogP contribution in [0.3, 0.4) is 0 Å². The standard InChI is InChI=1S/C19H20ClNO3/c20-16-3-1-14(2-4-16)13-24-18-7-5-17(6-8-18)21-19(22)15-9-11-23-12-10-15/h1-8,15H,9-13H2,(H,21,22). The van der Waals surface area contributed by atoms with Crippen molar-refractivity contribution in [3.8, 4) is 5.75 Å². The Morgan fingerprint density at radius 2 is 1.75 bits per heavy atom. The Balaban J connectivity index is 1.51. The molecule has 1 fully saturated rings. The van der Waals surface area contributed by atoms with Crippen molar-refractivity contribution in [2.24, 2.45) is 5.92 Å². The van der Waals surface area contributed by atoms with Gasteiger partial charge in [-0.15, -0.1) is 0 Å². The van der Waals surface area contributed by atoms with Gasteiger partial charge in [0.25, 0.3) is 0 Å². The highest BCUT2D eigenvalue weighted by Crippen LogP contribution is 2.20. The summed E-state index contributed by atoms with van der Waals surface area (Å²) in [6.07, 6.45) is 1.57. The number of carbonyl (C=O) groups is 1. The Labute approximate surface area is 146 Å². The van der Waals surface area contributed by atoms with Crippen LogP contribution in [0.25, 0.3) is 0 Å². The van der Waals surface area contributed by atoms with Crippen molar-refractivity contribution in [2.75, 3.05) is 18.5 Å². The average molecular weight is 346 g/mol. The minimum atomic E-state index is 0.0413. The Hall–Kier alpha value is -2.04. The fourth-order valence-electron chi connectivity index (χ4n) is 2.59. The number of nitrogens with one attached hydrogen (secondary N) is 1. The number of carbonyl (C=O) groups excluding carboxylic acids is 1. The molecule has 1 amide bonds. The Morgan fingerprint density at radius 1 is 1.08 bits per heavy atom. The van der Waals surface area contributed by atoms with Crippen LogP contribution in [0.4, 0.5) is 5.69 Å². The molecule has 2 aromatic rings. The minimum Gasteiger partial charge on any atom is -0.489 e. The maximum Gasteiger partial charge on any atom is 0.227 e. The first-order valence-electron chi connectivity index (χ1n) is 8.06. The molecule has 0 radical (unpaired) electrons. The van der Waals surface area contributed by atoms with E-state index in [9.17, 15) is 4.79 Å². The molecule has 4 nitrogen and oxygen atoms in total. The highest BCUT2D eigenvalue weighted by molar-refractivity contribution is 6.30. The van der Waals surface area contributed by atoms with Gasteiger partial charge in [0, 0.05) is 29.8 Å². The van der Waals surface area contributed by atoms with Crippen LogP contribution in [0.1, 0.15) is 18.4 Å². The zero-order chi connectivity index (χ0) is 16.8. The van der Waals surface area contributed by atoms with E-state index in [4.69, 9.17) is 21.1 Å². The smallest absolute Gasteiger partial charge is 0.227 e. The van der Waals surface area contributed by atoms with Crippen LogP contribution in [0.15, 0.2) is 48.5 Å². The number of amides is 1. The average Bonchev–Trinajstić information content (AvgIpc) is 2.63. The van der Waals surface area contributed by atoms with E-state index in [0.29, 0.717) is 24.8 Å². The van der Waals surface area contributed by atoms with Gasteiger partial charge in [-0.25, -0.2) is 0 Å². The number of benzene rings is 2. The molecular weight excluding hydrogens is 326 g/mol. The second-order valence-electron chi connectivity index (χ2n) is 5.82. The zero-order valence-electron chi connectivity index (χ0n) is 13.3. The van der Waals surface area contributed by atoms with E-state index in [-0.39, 0.29) is 11.8 Å². The van der Waals surface area contributed by atoms with Crippen LogP contribution in [0, 0.1) is 5.92 Å². The van der Waals surface area contributed by atoms with Gasteiger partial charge in [0.05, 0.1) is 0 Å². The number of hydrogen-bond acceptors (Lipinski definition) is 3. The number of halogens is 1. The molecule has 1 N–H and O–H groups in total. The topological polar surface area (TPSA) is 47.6 Å². The van der Waals surface area contributed by atoms with Crippen LogP contribution < -0.4 is 10.1 Å². The summed E-state index contributed by atoms with van der Waals surface area (Å²) in [5, 5.41) is 3.67. The summed E-state index contributed by atoms with van der Waals surface area (Å²) in [7, 11) is 0. The van der Waals surface area contributed by atoms with Crippen LogP contribution >= 0.6 is 11.6 Å². The van der Waals surface area contributed by atoms with Gasteiger partial charge in [0.15, 0.2) is 0 Å². The summed E-state index contributed by atoms with van der Waals surface area (Å²) >= 11 is 5.86. The van der Waals surface area contributed by atoms with Crippen molar-refractivity contribution < 1.29 is 14.3 Å². The second kappa shape index (κ2) is 8.18. The molecular formula is C19H20ClNO3. The SMILES string of the molecule is O=C(Nc1ccc(OCc2ccc(Cl)cc2)cc1)C1CCOCC1. The van der Waals surface area contributed by atoms with E-state index < -0.39 is 0 Å². The number of ether oxygens (including phenoxy) is 2. The Kier molecular flexibility index (Phi) is 5.72.